The lowest BCUT2D eigenvalue weighted by Crippen LogP contribution is -2.33. The summed E-state index contributed by atoms with van der Waals surface area (Å²) in [5, 5.41) is 3.50. The average molecular weight is 298 g/mol. The second kappa shape index (κ2) is 7.17. The van der Waals surface area contributed by atoms with Crippen molar-refractivity contribution in [1.82, 2.24) is 5.32 Å². The summed E-state index contributed by atoms with van der Waals surface area (Å²) in [6, 6.07) is 8.72. The monoisotopic (exact) mass is 297 g/mol. The molecule has 0 amide bonds. The van der Waals surface area contributed by atoms with Crippen molar-refractivity contribution in [2.45, 2.75) is 40.0 Å². The van der Waals surface area contributed by atoms with Crippen molar-refractivity contribution in [2.75, 3.05) is 13.1 Å². The van der Waals surface area contributed by atoms with Gasteiger partial charge in [0.15, 0.2) is 0 Å². The largest absolute Gasteiger partial charge is 0.316 e. The van der Waals surface area contributed by atoms with Gasteiger partial charge in [-0.2, -0.15) is 0 Å². The zero-order chi connectivity index (χ0) is 12.7. The highest BCUT2D eigenvalue weighted by Gasteiger charge is 2.23. The van der Waals surface area contributed by atoms with Crippen molar-refractivity contribution in [1.29, 1.82) is 0 Å². The van der Waals surface area contributed by atoms with E-state index < -0.39 is 0 Å². The van der Waals surface area contributed by atoms with Gasteiger partial charge >= 0.3 is 0 Å². The molecule has 1 atom stereocenters. The first-order valence-electron chi connectivity index (χ1n) is 6.55. The first-order chi connectivity index (χ1) is 8.09. The molecule has 0 fully saturated rings. The van der Waals surface area contributed by atoms with Crippen LogP contribution in [0.3, 0.4) is 0 Å². The Morgan fingerprint density at radius 2 is 1.82 bits per heavy atom. The molecule has 17 heavy (non-hydrogen) atoms. The van der Waals surface area contributed by atoms with Crippen molar-refractivity contribution >= 4 is 15.9 Å². The lowest BCUT2D eigenvalue weighted by Gasteiger charge is -2.30. The lowest BCUT2D eigenvalue weighted by molar-refractivity contribution is 0.277. The van der Waals surface area contributed by atoms with E-state index in [4.69, 9.17) is 0 Å². The van der Waals surface area contributed by atoms with Crippen molar-refractivity contribution in [3.05, 3.63) is 34.3 Å². The summed E-state index contributed by atoms with van der Waals surface area (Å²) >= 11 is 3.49. The van der Waals surface area contributed by atoms with Crippen molar-refractivity contribution in [2.24, 2.45) is 5.41 Å². The van der Waals surface area contributed by atoms with E-state index in [-0.39, 0.29) is 0 Å². The number of benzene rings is 1. The zero-order valence-corrected chi connectivity index (χ0v) is 12.8. The van der Waals surface area contributed by atoms with Gasteiger partial charge in [0, 0.05) is 11.0 Å². The molecule has 1 unspecified atom stereocenters. The number of hydrogen-bond acceptors (Lipinski definition) is 1. The fourth-order valence-electron chi connectivity index (χ4n) is 2.36. The molecule has 0 heterocycles. The van der Waals surface area contributed by atoms with Crippen LogP contribution in [-0.2, 0) is 6.42 Å². The molecular weight excluding hydrogens is 274 g/mol. The molecule has 0 aromatic heterocycles. The van der Waals surface area contributed by atoms with Crippen LogP contribution in [0.1, 0.15) is 39.2 Å². The Bertz CT molecular complexity index is 320. The molecule has 0 saturated carbocycles. The van der Waals surface area contributed by atoms with Gasteiger partial charge in [-0.25, -0.2) is 0 Å². The number of hydrogen-bond donors (Lipinski definition) is 1. The summed E-state index contributed by atoms with van der Waals surface area (Å²) in [6.07, 6.45) is 3.68. The number of halogens is 1. The summed E-state index contributed by atoms with van der Waals surface area (Å²) < 4.78 is 1.16. The van der Waals surface area contributed by atoms with Gasteiger partial charge < -0.3 is 5.32 Å². The molecule has 1 nitrogen and oxygen atoms in total. The summed E-state index contributed by atoms with van der Waals surface area (Å²) in [5.74, 6) is 0. The van der Waals surface area contributed by atoms with Gasteiger partial charge in [0.2, 0.25) is 0 Å². The van der Waals surface area contributed by atoms with E-state index in [2.05, 4.69) is 66.3 Å². The number of nitrogens with one attached hydrogen (secondary N) is 1. The molecule has 96 valence electrons. The van der Waals surface area contributed by atoms with Crippen LogP contribution in [0, 0.1) is 5.41 Å². The second-order valence-corrected chi connectivity index (χ2v) is 6.06. The standard InChI is InChI=1S/C15H24BrN/c1-4-10-15(3,12-17-5-2)11-13-6-8-14(16)9-7-13/h6-9,17H,4-5,10-12H2,1-3H3. The molecule has 0 saturated heterocycles. The van der Waals surface area contributed by atoms with Gasteiger partial charge in [0.25, 0.3) is 0 Å². The lowest BCUT2D eigenvalue weighted by atomic mass is 9.79. The maximum Gasteiger partial charge on any atom is 0.0175 e. The summed E-state index contributed by atoms with van der Waals surface area (Å²) in [4.78, 5) is 0. The second-order valence-electron chi connectivity index (χ2n) is 5.14. The van der Waals surface area contributed by atoms with E-state index >= 15 is 0 Å². The average Bonchev–Trinajstić information content (AvgIpc) is 2.30. The highest BCUT2D eigenvalue weighted by atomic mass is 79.9. The first kappa shape index (κ1) is 14.7. The van der Waals surface area contributed by atoms with Crippen LogP contribution in [0.5, 0.6) is 0 Å². The van der Waals surface area contributed by atoms with Crippen molar-refractivity contribution in [3.63, 3.8) is 0 Å². The normalized spacial score (nSPS) is 14.6. The van der Waals surface area contributed by atoms with Crippen LogP contribution in [0.2, 0.25) is 0 Å². The topological polar surface area (TPSA) is 12.0 Å². The molecule has 1 N–H and O–H groups in total. The first-order valence-corrected chi connectivity index (χ1v) is 7.34. The van der Waals surface area contributed by atoms with Crippen LogP contribution in [0.25, 0.3) is 0 Å². The molecule has 0 radical (unpaired) electrons. The molecule has 1 aromatic carbocycles. The Morgan fingerprint density at radius 1 is 1.18 bits per heavy atom. The quantitative estimate of drug-likeness (QED) is 0.786. The van der Waals surface area contributed by atoms with Gasteiger partial charge in [0.1, 0.15) is 0 Å². The SMILES string of the molecule is CCCC(C)(CNCC)Cc1ccc(Br)cc1. The maximum atomic E-state index is 3.50. The minimum atomic E-state index is 0.374. The molecule has 0 aliphatic heterocycles. The van der Waals surface area contributed by atoms with Gasteiger partial charge in [-0.15, -0.1) is 0 Å². The molecule has 0 aliphatic carbocycles. The van der Waals surface area contributed by atoms with Crippen LogP contribution in [0.15, 0.2) is 28.7 Å². The molecule has 1 rings (SSSR count). The maximum absolute atomic E-state index is 3.50. The molecule has 0 spiro atoms. The van der Waals surface area contributed by atoms with Crippen LogP contribution < -0.4 is 5.32 Å². The third kappa shape index (κ3) is 5.22. The molecule has 0 bridgehead atoms. The number of rotatable bonds is 7. The van der Waals surface area contributed by atoms with Crippen LogP contribution in [0.4, 0.5) is 0 Å². The van der Waals surface area contributed by atoms with Gasteiger partial charge in [-0.1, -0.05) is 55.3 Å². The highest BCUT2D eigenvalue weighted by molar-refractivity contribution is 9.10. The Labute approximate surface area is 114 Å². The predicted molar refractivity (Wildman–Crippen MR) is 79.4 cm³/mol. The van der Waals surface area contributed by atoms with Crippen LogP contribution in [-0.4, -0.2) is 13.1 Å². The Kier molecular flexibility index (Phi) is 6.21. The van der Waals surface area contributed by atoms with Crippen molar-refractivity contribution in [3.8, 4) is 0 Å². The highest BCUT2D eigenvalue weighted by Crippen LogP contribution is 2.28. The third-order valence-electron chi connectivity index (χ3n) is 3.20. The van der Waals surface area contributed by atoms with E-state index in [1.54, 1.807) is 0 Å². The Hall–Kier alpha value is -0.340. The summed E-state index contributed by atoms with van der Waals surface area (Å²) in [7, 11) is 0. The van der Waals surface area contributed by atoms with Crippen LogP contribution >= 0.6 is 15.9 Å². The fraction of sp³-hybridized carbons (Fsp3) is 0.600. The van der Waals surface area contributed by atoms with E-state index in [9.17, 15) is 0 Å². The summed E-state index contributed by atoms with van der Waals surface area (Å²) in [5.41, 5.74) is 1.81. The minimum absolute atomic E-state index is 0.374. The van der Waals surface area contributed by atoms with Gasteiger partial charge in [-0.3, -0.25) is 0 Å². The Morgan fingerprint density at radius 3 is 2.35 bits per heavy atom. The molecule has 2 heteroatoms. The van der Waals surface area contributed by atoms with Gasteiger partial charge in [-0.05, 0) is 42.5 Å². The molecule has 0 aliphatic rings. The van der Waals surface area contributed by atoms with Crippen molar-refractivity contribution < 1.29 is 0 Å². The van der Waals surface area contributed by atoms with Gasteiger partial charge in [0.05, 0.1) is 0 Å². The van der Waals surface area contributed by atoms with E-state index in [1.807, 2.05) is 0 Å². The third-order valence-corrected chi connectivity index (χ3v) is 3.73. The predicted octanol–water partition coefficient (Wildman–Crippen LogP) is 4.41. The minimum Gasteiger partial charge on any atom is -0.316 e. The summed E-state index contributed by atoms with van der Waals surface area (Å²) in [6.45, 7) is 8.99. The van der Waals surface area contributed by atoms with E-state index in [0.29, 0.717) is 5.41 Å². The van der Waals surface area contributed by atoms with E-state index in [0.717, 1.165) is 24.0 Å². The van der Waals surface area contributed by atoms with E-state index in [1.165, 1.54) is 18.4 Å². The Balaban J connectivity index is 2.67. The molecular formula is C15H24BrN. The zero-order valence-electron chi connectivity index (χ0n) is 11.2. The molecule has 1 aromatic rings. The fourth-order valence-corrected chi connectivity index (χ4v) is 2.63. The smallest absolute Gasteiger partial charge is 0.0175 e.